The third-order valence-electron chi connectivity index (χ3n) is 4.63. The molecule has 0 unspecified atom stereocenters. The smallest absolute Gasteiger partial charge is 0.333 e. The highest BCUT2D eigenvalue weighted by Gasteiger charge is 2.53. The number of imide groups is 1. The van der Waals surface area contributed by atoms with Crippen molar-refractivity contribution >= 4 is 29.4 Å². The zero-order valence-corrected chi connectivity index (χ0v) is 15.2. The van der Waals surface area contributed by atoms with E-state index in [0.717, 1.165) is 11.3 Å². The van der Waals surface area contributed by atoms with Gasteiger partial charge in [-0.05, 0) is 29.8 Å². The van der Waals surface area contributed by atoms with Crippen molar-refractivity contribution in [3.63, 3.8) is 0 Å². The van der Waals surface area contributed by atoms with Crippen molar-refractivity contribution in [3.05, 3.63) is 54.1 Å². The average molecular weight is 370 g/mol. The maximum Gasteiger partial charge on any atom is 0.333 e. The van der Waals surface area contributed by atoms with Crippen LogP contribution < -0.4 is 14.4 Å². The average Bonchev–Trinajstić information content (AvgIpc) is 3.22. The van der Waals surface area contributed by atoms with E-state index >= 15 is 0 Å². The lowest BCUT2D eigenvalue weighted by Gasteiger charge is -2.23. The lowest BCUT2D eigenvalue weighted by molar-refractivity contribution is -0.119. The summed E-state index contributed by atoms with van der Waals surface area (Å²) in [5.74, 6) is 1.76. The number of hydrogen-bond donors (Lipinski definition) is 0. The fourth-order valence-corrected chi connectivity index (χ4v) is 4.72. The summed E-state index contributed by atoms with van der Waals surface area (Å²) in [4.78, 5) is 28.8. The summed E-state index contributed by atoms with van der Waals surface area (Å²) in [5.41, 5.74) is 1.51. The van der Waals surface area contributed by atoms with Crippen LogP contribution in [0.4, 0.5) is 10.5 Å². The van der Waals surface area contributed by atoms with Gasteiger partial charge in [0.2, 0.25) is 0 Å². The Morgan fingerprint density at radius 1 is 1.00 bits per heavy atom. The number of fused-ring (bicyclic) bond motifs is 1. The van der Waals surface area contributed by atoms with Crippen molar-refractivity contribution in [2.75, 3.05) is 24.9 Å². The first-order chi connectivity index (χ1) is 12.6. The second-order valence-electron chi connectivity index (χ2n) is 6.04. The lowest BCUT2D eigenvalue weighted by atomic mass is 10.2. The largest absolute Gasteiger partial charge is 0.497 e. The van der Waals surface area contributed by atoms with Gasteiger partial charge in [-0.3, -0.25) is 9.69 Å². The minimum Gasteiger partial charge on any atom is -0.497 e. The van der Waals surface area contributed by atoms with Crippen LogP contribution in [0.25, 0.3) is 0 Å². The van der Waals surface area contributed by atoms with E-state index in [1.165, 1.54) is 4.90 Å². The first-order valence-electron chi connectivity index (χ1n) is 8.20. The summed E-state index contributed by atoms with van der Waals surface area (Å²) in [6, 6.07) is 13.9. The molecular weight excluding hydrogens is 352 g/mol. The van der Waals surface area contributed by atoms with Crippen molar-refractivity contribution in [1.82, 2.24) is 4.90 Å². The molecule has 2 saturated heterocycles. The second kappa shape index (κ2) is 6.57. The zero-order valence-electron chi connectivity index (χ0n) is 14.4. The first-order valence-corrected chi connectivity index (χ1v) is 9.25. The summed E-state index contributed by atoms with van der Waals surface area (Å²) < 4.78 is 10.4. The topological polar surface area (TPSA) is 59.1 Å². The highest BCUT2D eigenvalue weighted by molar-refractivity contribution is 7.99. The summed E-state index contributed by atoms with van der Waals surface area (Å²) >= 11 is 1.61. The number of nitrogens with zero attached hydrogens (tertiary/aromatic N) is 2. The fourth-order valence-electron chi connectivity index (χ4n) is 3.30. The van der Waals surface area contributed by atoms with Crippen molar-refractivity contribution in [2.45, 2.75) is 11.4 Å². The standard InChI is InChI=1S/C19H18N2O4S/c1-24-14-8-6-12(7-9-14)18-21-16(11-26-18)17(22)20(19(21)23)13-4-3-5-15(10-13)25-2/h3-10,16,18H,11H2,1-2H3/t16-,18+/m1/s1. The Bertz CT molecular complexity index is 855. The number of carbonyl (C=O) groups is 2. The quantitative estimate of drug-likeness (QED) is 0.773. The molecule has 2 fully saturated rings. The van der Waals surface area contributed by atoms with Crippen molar-refractivity contribution in [3.8, 4) is 11.5 Å². The molecule has 2 aliphatic heterocycles. The van der Waals surface area contributed by atoms with Crippen molar-refractivity contribution < 1.29 is 19.1 Å². The summed E-state index contributed by atoms with van der Waals surface area (Å²) in [5, 5.41) is -0.182. The van der Waals surface area contributed by atoms with Gasteiger partial charge < -0.3 is 9.47 Å². The van der Waals surface area contributed by atoms with Crippen molar-refractivity contribution in [1.29, 1.82) is 0 Å². The SMILES string of the molecule is COc1ccc([C@@H]2SC[C@@H]3C(=O)N(c4cccc(OC)c4)C(=O)N32)cc1. The molecule has 134 valence electrons. The molecule has 6 nitrogen and oxygen atoms in total. The van der Waals surface area contributed by atoms with Gasteiger partial charge in [0.05, 0.1) is 19.9 Å². The van der Waals surface area contributed by atoms with E-state index in [-0.39, 0.29) is 17.3 Å². The van der Waals surface area contributed by atoms with Crippen LogP contribution in [0, 0.1) is 0 Å². The van der Waals surface area contributed by atoms with Gasteiger partial charge in [-0.2, -0.15) is 0 Å². The van der Waals surface area contributed by atoms with Crippen LogP contribution >= 0.6 is 11.8 Å². The van der Waals surface area contributed by atoms with Gasteiger partial charge in [0.1, 0.15) is 22.9 Å². The number of rotatable bonds is 4. The lowest BCUT2D eigenvalue weighted by Crippen LogP contribution is -2.33. The maximum absolute atomic E-state index is 13.1. The molecule has 0 aromatic heterocycles. The predicted octanol–water partition coefficient (Wildman–Crippen LogP) is 3.29. The Morgan fingerprint density at radius 3 is 2.42 bits per heavy atom. The van der Waals surface area contributed by atoms with Crippen LogP contribution in [-0.2, 0) is 4.79 Å². The van der Waals surface area contributed by atoms with Crippen LogP contribution in [0.1, 0.15) is 10.9 Å². The molecule has 0 aliphatic carbocycles. The molecular formula is C19H18N2O4S. The molecule has 0 radical (unpaired) electrons. The fraction of sp³-hybridized carbons (Fsp3) is 0.263. The Morgan fingerprint density at radius 2 is 1.73 bits per heavy atom. The Kier molecular flexibility index (Phi) is 4.24. The molecule has 0 bridgehead atoms. The van der Waals surface area contributed by atoms with Gasteiger partial charge in [0.15, 0.2) is 0 Å². The normalized spacial score (nSPS) is 21.9. The van der Waals surface area contributed by atoms with E-state index in [1.807, 2.05) is 24.3 Å². The Hall–Kier alpha value is -2.67. The first kappa shape index (κ1) is 16.8. The van der Waals surface area contributed by atoms with Crippen molar-refractivity contribution in [2.24, 2.45) is 0 Å². The summed E-state index contributed by atoms with van der Waals surface area (Å²) in [7, 11) is 3.17. The van der Waals surface area contributed by atoms with Gasteiger partial charge in [-0.1, -0.05) is 18.2 Å². The van der Waals surface area contributed by atoms with Crippen LogP contribution in [0.15, 0.2) is 48.5 Å². The van der Waals surface area contributed by atoms with Crippen LogP contribution in [0.3, 0.4) is 0 Å². The zero-order chi connectivity index (χ0) is 18.3. The van der Waals surface area contributed by atoms with Gasteiger partial charge in [-0.25, -0.2) is 9.69 Å². The molecule has 2 atom stereocenters. The second-order valence-corrected chi connectivity index (χ2v) is 7.15. The van der Waals surface area contributed by atoms with Gasteiger partial charge in [0.25, 0.3) is 5.91 Å². The number of hydrogen-bond acceptors (Lipinski definition) is 5. The van der Waals surface area contributed by atoms with E-state index < -0.39 is 6.04 Å². The number of methoxy groups -OCH3 is 2. The van der Waals surface area contributed by atoms with E-state index in [9.17, 15) is 9.59 Å². The monoisotopic (exact) mass is 370 g/mol. The number of benzene rings is 2. The number of amides is 3. The summed E-state index contributed by atoms with van der Waals surface area (Å²) in [6.45, 7) is 0. The van der Waals surface area contributed by atoms with E-state index in [1.54, 1.807) is 55.1 Å². The molecule has 2 aromatic carbocycles. The molecule has 0 saturated carbocycles. The van der Waals surface area contributed by atoms with Gasteiger partial charge in [-0.15, -0.1) is 11.8 Å². The Labute approximate surface area is 155 Å². The highest BCUT2D eigenvalue weighted by atomic mass is 32.2. The predicted molar refractivity (Wildman–Crippen MR) is 99.7 cm³/mol. The van der Waals surface area contributed by atoms with Gasteiger partial charge >= 0.3 is 6.03 Å². The van der Waals surface area contributed by atoms with E-state index in [2.05, 4.69) is 0 Å². The number of ether oxygens (including phenoxy) is 2. The number of urea groups is 1. The maximum atomic E-state index is 13.1. The van der Waals surface area contributed by atoms with Gasteiger partial charge in [0, 0.05) is 11.8 Å². The van der Waals surface area contributed by atoms with Crippen LogP contribution in [-0.4, -0.2) is 42.9 Å². The number of carbonyl (C=O) groups excluding carboxylic acids is 2. The molecule has 4 rings (SSSR count). The molecule has 2 aromatic rings. The summed E-state index contributed by atoms with van der Waals surface area (Å²) in [6.07, 6.45) is 0. The molecule has 0 spiro atoms. The number of thioether (sulfide) groups is 1. The van der Waals surface area contributed by atoms with E-state index in [0.29, 0.717) is 17.2 Å². The Balaban J connectivity index is 1.65. The number of anilines is 1. The van der Waals surface area contributed by atoms with E-state index in [4.69, 9.17) is 9.47 Å². The molecule has 26 heavy (non-hydrogen) atoms. The molecule has 2 heterocycles. The highest BCUT2D eigenvalue weighted by Crippen LogP contribution is 2.46. The van der Waals surface area contributed by atoms with Crippen LogP contribution in [0.5, 0.6) is 11.5 Å². The molecule has 3 amide bonds. The molecule has 7 heteroatoms. The molecule has 0 N–H and O–H groups in total. The third kappa shape index (κ3) is 2.59. The minimum absolute atomic E-state index is 0.182. The van der Waals surface area contributed by atoms with Crippen LogP contribution in [0.2, 0.25) is 0 Å². The molecule has 2 aliphatic rings. The minimum atomic E-state index is -0.439. The third-order valence-corrected chi connectivity index (χ3v) is 5.95.